The van der Waals surface area contributed by atoms with Crippen molar-refractivity contribution in [3.63, 3.8) is 0 Å². The van der Waals surface area contributed by atoms with E-state index in [-0.39, 0.29) is 6.03 Å². The van der Waals surface area contributed by atoms with E-state index in [2.05, 4.69) is 26.6 Å². The van der Waals surface area contributed by atoms with Gasteiger partial charge in [0.2, 0.25) is 0 Å². The van der Waals surface area contributed by atoms with Gasteiger partial charge in [0, 0.05) is 23.4 Å². The molecule has 2 amide bonds. The van der Waals surface area contributed by atoms with Crippen LogP contribution in [0.5, 0.6) is 0 Å². The molecule has 1 rings (SSSR count). The first-order chi connectivity index (χ1) is 7.72. The van der Waals surface area contributed by atoms with E-state index >= 15 is 0 Å². The highest BCUT2D eigenvalue weighted by Crippen LogP contribution is 2.10. The third-order valence-corrected chi connectivity index (χ3v) is 2.71. The normalized spacial score (nSPS) is 9.88. The predicted octanol–water partition coefficient (Wildman–Crippen LogP) is 2.53. The highest BCUT2D eigenvalue weighted by molar-refractivity contribution is 9.10. The van der Waals surface area contributed by atoms with E-state index in [4.69, 9.17) is 11.6 Å². The fourth-order valence-corrected chi connectivity index (χ4v) is 1.55. The molecule has 0 aliphatic rings. The first-order valence-corrected chi connectivity index (χ1v) is 6.37. The summed E-state index contributed by atoms with van der Waals surface area (Å²) in [6.45, 7) is 1.11. The summed E-state index contributed by atoms with van der Waals surface area (Å²) in [6, 6.07) is 7.87. The second kappa shape index (κ2) is 7.52. The van der Waals surface area contributed by atoms with E-state index < -0.39 is 0 Å². The van der Waals surface area contributed by atoms with Crippen molar-refractivity contribution in [3.05, 3.63) is 34.3 Å². The Morgan fingerprint density at radius 3 is 2.44 bits per heavy atom. The molecule has 0 fully saturated rings. The van der Waals surface area contributed by atoms with Crippen molar-refractivity contribution in [1.29, 1.82) is 0 Å². The molecular weight excluding hydrogens is 291 g/mol. The molecule has 0 aliphatic heterocycles. The molecule has 0 radical (unpaired) electrons. The minimum Gasteiger partial charge on any atom is -0.338 e. The molecule has 0 aromatic heterocycles. The molecule has 3 nitrogen and oxygen atoms in total. The van der Waals surface area contributed by atoms with Crippen LogP contribution in [0.4, 0.5) is 4.79 Å². The number of benzene rings is 1. The van der Waals surface area contributed by atoms with Crippen LogP contribution in [0.2, 0.25) is 0 Å². The molecule has 0 atom stereocenters. The molecular formula is C11H14BrClN2O. The molecule has 1 aromatic rings. The zero-order chi connectivity index (χ0) is 11.8. The summed E-state index contributed by atoms with van der Waals surface area (Å²) in [5, 5.41) is 5.40. The molecule has 16 heavy (non-hydrogen) atoms. The van der Waals surface area contributed by atoms with Gasteiger partial charge in [-0.3, -0.25) is 0 Å². The van der Waals surface area contributed by atoms with E-state index in [0.29, 0.717) is 19.0 Å². The molecule has 0 saturated carbocycles. The Morgan fingerprint density at radius 2 is 1.81 bits per heavy atom. The highest BCUT2D eigenvalue weighted by atomic mass is 79.9. The molecule has 0 unspecified atom stereocenters. The van der Waals surface area contributed by atoms with E-state index in [0.717, 1.165) is 10.9 Å². The van der Waals surface area contributed by atoms with Crippen molar-refractivity contribution in [2.45, 2.75) is 6.42 Å². The van der Waals surface area contributed by atoms with Gasteiger partial charge in [-0.05, 0) is 24.1 Å². The van der Waals surface area contributed by atoms with Gasteiger partial charge in [-0.25, -0.2) is 4.79 Å². The van der Waals surface area contributed by atoms with Crippen LogP contribution in [0.15, 0.2) is 28.7 Å². The lowest BCUT2D eigenvalue weighted by molar-refractivity contribution is 0.241. The Morgan fingerprint density at radius 1 is 1.19 bits per heavy atom. The fraction of sp³-hybridized carbons (Fsp3) is 0.364. The number of carbonyl (C=O) groups excluding carboxylic acids is 1. The maximum absolute atomic E-state index is 11.2. The lowest BCUT2D eigenvalue weighted by Crippen LogP contribution is -2.37. The van der Waals surface area contributed by atoms with E-state index in [1.165, 1.54) is 5.56 Å². The standard InChI is InChI=1S/C11H14BrClN2O/c12-10-3-1-9(2-4-10)5-7-14-11(16)15-8-6-13/h1-4H,5-8H2,(H2,14,15,16). The van der Waals surface area contributed by atoms with E-state index in [9.17, 15) is 4.79 Å². The summed E-state index contributed by atoms with van der Waals surface area (Å²) in [7, 11) is 0. The molecule has 0 spiro atoms. The number of amides is 2. The second-order valence-electron chi connectivity index (χ2n) is 3.25. The molecule has 0 saturated heterocycles. The van der Waals surface area contributed by atoms with Crippen LogP contribution in [-0.4, -0.2) is 25.0 Å². The average molecular weight is 306 g/mol. The Bertz CT molecular complexity index is 329. The van der Waals surface area contributed by atoms with Gasteiger partial charge < -0.3 is 10.6 Å². The van der Waals surface area contributed by atoms with Gasteiger partial charge in [0.1, 0.15) is 0 Å². The number of nitrogens with one attached hydrogen (secondary N) is 2. The molecule has 88 valence electrons. The van der Waals surface area contributed by atoms with Crippen molar-refractivity contribution >= 4 is 33.6 Å². The second-order valence-corrected chi connectivity index (χ2v) is 4.54. The summed E-state index contributed by atoms with van der Waals surface area (Å²) in [6.07, 6.45) is 0.821. The van der Waals surface area contributed by atoms with Crippen molar-refractivity contribution in [3.8, 4) is 0 Å². The molecule has 0 heterocycles. The maximum atomic E-state index is 11.2. The van der Waals surface area contributed by atoms with Crippen LogP contribution in [0.1, 0.15) is 5.56 Å². The average Bonchev–Trinajstić information content (AvgIpc) is 2.29. The summed E-state index contributed by atoms with van der Waals surface area (Å²) in [5.74, 6) is 0.431. The third kappa shape index (κ3) is 5.37. The Labute approximate surface area is 109 Å². The SMILES string of the molecule is O=C(NCCCl)NCCc1ccc(Br)cc1. The number of halogens is 2. The molecule has 5 heteroatoms. The largest absolute Gasteiger partial charge is 0.338 e. The van der Waals surface area contributed by atoms with E-state index in [1.807, 2.05) is 24.3 Å². The fourth-order valence-electron chi connectivity index (χ4n) is 1.19. The van der Waals surface area contributed by atoms with Crippen LogP contribution in [0, 0.1) is 0 Å². The number of hydrogen-bond acceptors (Lipinski definition) is 1. The maximum Gasteiger partial charge on any atom is 0.314 e. The molecule has 1 aromatic carbocycles. The minimum absolute atomic E-state index is 0.169. The zero-order valence-electron chi connectivity index (χ0n) is 8.80. The van der Waals surface area contributed by atoms with Gasteiger partial charge in [0.15, 0.2) is 0 Å². The lowest BCUT2D eigenvalue weighted by atomic mass is 10.1. The van der Waals surface area contributed by atoms with Crippen molar-refractivity contribution in [2.75, 3.05) is 19.0 Å². The van der Waals surface area contributed by atoms with Crippen molar-refractivity contribution in [1.82, 2.24) is 10.6 Å². The molecule has 2 N–H and O–H groups in total. The number of alkyl halides is 1. The van der Waals surface area contributed by atoms with Crippen LogP contribution in [0.25, 0.3) is 0 Å². The summed E-state index contributed by atoms with van der Waals surface area (Å²) in [4.78, 5) is 11.2. The monoisotopic (exact) mass is 304 g/mol. The first kappa shape index (κ1) is 13.3. The van der Waals surface area contributed by atoms with Crippen molar-refractivity contribution < 1.29 is 4.79 Å². The van der Waals surface area contributed by atoms with Gasteiger partial charge in [0.05, 0.1) is 0 Å². The predicted molar refractivity (Wildman–Crippen MR) is 70.0 cm³/mol. The smallest absolute Gasteiger partial charge is 0.314 e. The minimum atomic E-state index is -0.169. The van der Waals surface area contributed by atoms with Gasteiger partial charge in [0.25, 0.3) is 0 Å². The third-order valence-electron chi connectivity index (χ3n) is 1.99. The van der Waals surface area contributed by atoms with E-state index in [1.54, 1.807) is 0 Å². The van der Waals surface area contributed by atoms with Crippen LogP contribution < -0.4 is 10.6 Å². The number of hydrogen-bond donors (Lipinski definition) is 2. The Hall–Kier alpha value is -0.740. The Balaban J connectivity index is 2.20. The quantitative estimate of drug-likeness (QED) is 0.807. The van der Waals surface area contributed by atoms with Gasteiger partial charge in [-0.15, -0.1) is 11.6 Å². The highest BCUT2D eigenvalue weighted by Gasteiger charge is 1.98. The van der Waals surface area contributed by atoms with Crippen molar-refractivity contribution in [2.24, 2.45) is 0 Å². The topological polar surface area (TPSA) is 41.1 Å². The summed E-state index contributed by atoms with van der Waals surface area (Å²) < 4.78 is 1.06. The molecule has 0 aliphatic carbocycles. The summed E-state index contributed by atoms with van der Waals surface area (Å²) in [5.41, 5.74) is 1.20. The van der Waals surface area contributed by atoms with Gasteiger partial charge >= 0.3 is 6.03 Å². The first-order valence-electron chi connectivity index (χ1n) is 5.04. The number of urea groups is 1. The van der Waals surface area contributed by atoms with Gasteiger partial charge in [-0.2, -0.15) is 0 Å². The summed E-state index contributed by atoms with van der Waals surface area (Å²) >= 11 is 8.82. The van der Waals surface area contributed by atoms with Crippen LogP contribution >= 0.6 is 27.5 Å². The molecule has 0 bridgehead atoms. The zero-order valence-corrected chi connectivity index (χ0v) is 11.1. The van der Waals surface area contributed by atoms with Gasteiger partial charge in [-0.1, -0.05) is 28.1 Å². The number of rotatable bonds is 5. The Kier molecular flexibility index (Phi) is 6.26. The number of carbonyl (C=O) groups is 1. The van der Waals surface area contributed by atoms with Crippen LogP contribution in [-0.2, 0) is 6.42 Å². The lowest BCUT2D eigenvalue weighted by Gasteiger charge is -2.06. The van der Waals surface area contributed by atoms with Crippen LogP contribution in [0.3, 0.4) is 0 Å².